The fraction of sp³-hybridized carbons (Fsp3) is 0.0714. The molecule has 92 valence electrons. The number of ether oxygens (including phenoxy) is 1. The summed E-state index contributed by atoms with van der Waals surface area (Å²) in [5.41, 5.74) is 0.528. The number of carbonyl (C=O) groups is 1. The first-order valence-corrected chi connectivity index (χ1v) is 5.42. The van der Waals surface area contributed by atoms with E-state index in [1.807, 2.05) is 18.2 Å². The first kappa shape index (κ1) is 12.0. The maximum Gasteiger partial charge on any atom is 0.307 e. The van der Waals surface area contributed by atoms with Crippen LogP contribution in [0.1, 0.15) is 5.56 Å². The summed E-state index contributed by atoms with van der Waals surface area (Å²) < 4.78 is 5.47. The third-order valence-corrected chi connectivity index (χ3v) is 2.35. The molecule has 0 aromatic heterocycles. The molecule has 2 rings (SSSR count). The van der Waals surface area contributed by atoms with Gasteiger partial charge in [0.05, 0.1) is 6.42 Å². The van der Waals surface area contributed by atoms with E-state index < -0.39 is 5.97 Å². The number of para-hydroxylation sites is 1. The van der Waals surface area contributed by atoms with Crippen LogP contribution in [0.15, 0.2) is 48.5 Å². The summed E-state index contributed by atoms with van der Waals surface area (Å²) in [4.78, 5) is 10.5. The number of hydrogen-bond donors (Lipinski definition) is 2. The molecule has 0 atom stereocenters. The van der Waals surface area contributed by atoms with Crippen LogP contribution in [0.25, 0.3) is 0 Å². The maximum absolute atomic E-state index is 10.5. The Morgan fingerprint density at radius 2 is 1.83 bits per heavy atom. The molecule has 4 heteroatoms. The molecule has 0 bridgehead atoms. The molecular formula is C14H12O4. The molecule has 0 aliphatic carbocycles. The second-order valence-electron chi connectivity index (χ2n) is 3.79. The van der Waals surface area contributed by atoms with Crippen LogP contribution in [0, 0.1) is 0 Å². The number of carboxylic acids is 1. The summed E-state index contributed by atoms with van der Waals surface area (Å²) in [5, 5.41) is 18.4. The molecule has 0 amide bonds. The summed E-state index contributed by atoms with van der Waals surface area (Å²) in [6.07, 6.45) is -0.126. The van der Waals surface area contributed by atoms with Gasteiger partial charge in [0.2, 0.25) is 0 Å². The lowest BCUT2D eigenvalue weighted by Crippen LogP contribution is -1.99. The second kappa shape index (κ2) is 5.23. The van der Waals surface area contributed by atoms with Crippen LogP contribution in [-0.2, 0) is 11.2 Å². The van der Waals surface area contributed by atoms with Gasteiger partial charge in [-0.15, -0.1) is 0 Å². The zero-order chi connectivity index (χ0) is 13.0. The van der Waals surface area contributed by atoms with Gasteiger partial charge in [0, 0.05) is 0 Å². The Morgan fingerprint density at radius 1 is 1.11 bits per heavy atom. The highest BCUT2D eigenvalue weighted by molar-refractivity contribution is 5.70. The fourth-order valence-electron chi connectivity index (χ4n) is 1.55. The van der Waals surface area contributed by atoms with E-state index in [1.54, 1.807) is 24.3 Å². The van der Waals surface area contributed by atoms with Crippen LogP contribution in [-0.4, -0.2) is 16.2 Å². The number of phenols is 1. The second-order valence-corrected chi connectivity index (χ2v) is 3.79. The molecular weight excluding hydrogens is 232 g/mol. The molecule has 0 aliphatic heterocycles. The van der Waals surface area contributed by atoms with Crippen LogP contribution in [0.2, 0.25) is 0 Å². The Balaban J connectivity index is 2.17. The molecule has 0 saturated carbocycles. The topological polar surface area (TPSA) is 66.8 Å². The Labute approximate surface area is 104 Å². The van der Waals surface area contributed by atoms with Crippen molar-refractivity contribution in [1.29, 1.82) is 0 Å². The first-order chi connectivity index (χ1) is 8.65. The lowest BCUT2D eigenvalue weighted by molar-refractivity contribution is -0.136. The molecule has 4 nitrogen and oxygen atoms in total. The highest BCUT2D eigenvalue weighted by Crippen LogP contribution is 2.31. The van der Waals surface area contributed by atoms with Gasteiger partial charge in [0.15, 0.2) is 11.5 Å². The SMILES string of the molecule is O=C(O)Cc1ccc(Oc2ccccc2)c(O)c1. The number of phenolic OH excluding ortho intramolecular Hbond substituents is 1. The van der Waals surface area contributed by atoms with Crippen molar-refractivity contribution in [2.24, 2.45) is 0 Å². The molecule has 2 aromatic carbocycles. The monoisotopic (exact) mass is 244 g/mol. The van der Waals surface area contributed by atoms with Gasteiger partial charge in [-0.05, 0) is 29.8 Å². The Kier molecular flexibility index (Phi) is 3.48. The number of aliphatic carboxylic acids is 1. The van der Waals surface area contributed by atoms with Gasteiger partial charge in [-0.25, -0.2) is 0 Å². The lowest BCUT2D eigenvalue weighted by atomic mass is 10.1. The Bertz CT molecular complexity index is 549. The van der Waals surface area contributed by atoms with Crippen molar-refractivity contribution in [1.82, 2.24) is 0 Å². The van der Waals surface area contributed by atoms with Crippen molar-refractivity contribution >= 4 is 5.97 Å². The van der Waals surface area contributed by atoms with Gasteiger partial charge in [-0.2, -0.15) is 0 Å². The minimum atomic E-state index is -0.939. The molecule has 0 radical (unpaired) electrons. The third-order valence-electron chi connectivity index (χ3n) is 2.35. The van der Waals surface area contributed by atoms with Crippen molar-refractivity contribution in [3.8, 4) is 17.2 Å². The molecule has 2 aromatic rings. The summed E-state index contributed by atoms with van der Waals surface area (Å²) in [7, 11) is 0. The van der Waals surface area contributed by atoms with Gasteiger partial charge in [-0.3, -0.25) is 4.79 Å². The molecule has 18 heavy (non-hydrogen) atoms. The van der Waals surface area contributed by atoms with Crippen molar-refractivity contribution in [3.63, 3.8) is 0 Å². The van der Waals surface area contributed by atoms with Crippen LogP contribution in [0.5, 0.6) is 17.2 Å². The van der Waals surface area contributed by atoms with Crippen LogP contribution < -0.4 is 4.74 Å². The smallest absolute Gasteiger partial charge is 0.307 e. The zero-order valence-electron chi connectivity index (χ0n) is 9.54. The predicted octanol–water partition coefficient (Wildman–Crippen LogP) is 2.81. The summed E-state index contributed by atoms with van der Waals surface area (Å²) in [6.45, 7) is 0. The summed E-state index contributed by atoms with van der Waals surface area (Å²) >= 11 is 0. The molecule has 0 spiro atoms. The van der Waals surface area contributed by atoms with Crippen molar-refractivity contribution in [3.05, 3.63) is 54.1 Å². The van der Waals surface area contributed by atoms with Gasteiger partial charge in [0.25, 0.3) is 0 Å². The zero-order valence-corrected chi connectivity index (χ0v) is 9.54. The molecule has 0 fully saturated rings. The van der Waals surface area contributed by atoms with E-state index in [-0.39, 0.29) is 12.2 Å². The van der Waals surface area contributed by atoms with Crippen LogP contribution in [0.4, 0.5) is 0 Å². The van der Waals surface area contributed by atoms with E-state index in [2.05, 4.69) is 0 Å². The van der Waals surface area contributed by atoms with Gasteiger partial charge in [0.1, 0.15) is 5.75 Å². The van der Waals surface area contributed by atoms with E-state index in [0.717, 1.165) is 0 Å². The van der Waals surface area contributed by atoms with Crippen LogP contribution >= 0.6 is 0 Å². The minimum Gasteiger partial charge on any atom is -0.504 e. The molecule has 0 unspecified atom stereocenters. The predicted molar refractivity (Wildman–Crippen MR) is 66.0 cm³/mol. The average Bonchev–Trinajstić information content (AvgIpc) is 2.33. The fourth-order valence-corrected chi connectivity index (χ4v) is 1.55. The number of rotatable bonds is 4. The Morgan fingerprint density at radius 3 is 2.44 bits per heavy atom. The third kappa shape index (κ3) is 3.01. The van der Waals surface area contributed by atoms with Crippen molar-refractivity contribution in [2.75, 3.05) is 0 Å². The molecule has 2 N–H and O–H groups in total. The number of hydrogen-bond acceptors (Lipinski definition) is 3. The maximum atomic E-state index is 10.5. The Hall–Kier alpha value is -2.49. The van der Waals surface area contributed by atoms with E-state index >= 15 is 0 Å². The first-order valence-electron chi connectivity index (χ1n) is 5.42. The summed E-state index contributed by atoms with van der Waals surface area (Å²) in [5.74, 6) is -0.0992. The van der Waals surface area contributed by atoms with Gasteiger partial charge < -0.3 is 14.9 Å². The highest BCUT2D eigenvalue weighted by Gasteiger charge is 2.07. The number of benzene rings is 2. The van der Waals surface area contributed by atoms with Gasteiger partial charge in [-0.1, -0.05) is 24.3 Å². The van der Waals surface area contributed by atoms with Crippen LogP contribution in [0.3, 0.4) is 0 Å². The van der Waals surface area contributed by atoms with E-state index in [1.165, 1.54) is 6.07 Å². The van der Waals surface area contributed by atoms with Crippen molar-refractivity contribution in [2.45, 2.75) is 6.42 Å². The molecule has 0 aliphatic rings. The van der Waals surface area contributed by atoms with Gasteiger partial charge >= 0.3 is 5.97 Å². The van der Waals surface area contributed by atoms with Crippen molar-refractivity contribution < 1.29 is 19.7 Å². The molecule has 0 saturated heterocycles. The molecule has 0 heterocycles. The lowest BCUT2D eigenvalue weighted by Gasteiger charge is -2.08. The normalized spacial score (nSPS) is 10.0. The standard InChI is InChI=1S/C14H12O4/c15-12-8-10(9-14(16)17)6-7-13(12)18-11-4-2-1-3-5-11/h1-8,15H,9H2,(H,16,17). The summed E-state index contributed by atoms with van der Waals surface area (Å²) in [6, 6.07) is 13.6. The van der Waals surface area contributed by atoms with E-state index in [0.29, 0.717) is 17.1 Å². The van der Waals surface area contributed by atoms with E-state index in [4.69, 9.17) is 9.84 Å². The quantitative estimate of drug-likeness (QED) is 0.867. The number of aromatic hydroxyl groups is 1. The minimum absolute atomic E-state index is 0.0717. The average molecular weight is 244 g/mol. The highest BCUT2D eigenvalue weighted by atomic mass is 16.5. The number of carboxylic acid groups (broad SMARTS) is 1. The largest absolute Gasteiger partial charge is 0.504 e. The van der Waals surface area contributed by atoms with E-state index in [9.17, 15) is 9.90 Å².